The quantitative estimate of drug-likeness (QED) is 0.881. The number of benzene rings is 1. The molecular weight excluding hydrogens is 249 g/mol. The predicted octanol–water partition coefficient (Wildman–Crippen LogP) is 4.03. The molecule has 3 unspecified atom stereocenters. The van der Waals surface area contributed by atoms with E-state index in [0.717, 1.165) is 24.3 Å². The van der Waals surface area contributed by atoms with Crippen molar-refractivity contribution in [2.75, 3.05) is 6.54 Å². The molecule has 1 nitrogen and oxygen atoms in total. The van der Waals surface area contributed by atoms with Gasteiger partial charge in [0.1, 0.15) is 5.82 Å². The maximum atomic E-state index is 13.8. The smallest absolute Gasteiger partial charge is 0.127 e. The van der Waals surface area contributed by atoms with Gasteiger partial charge in [0.25, 0.3) is 0 Å². The summed E-state index contributed by atoms with van der Waals surface area (Å²) in [4.78, 5) is 0. The topological polar surface area (TPSA) is 26.0 Å². The monoisotopic (exact) mass is 269 g/mol. The lowest BCUT2D eigenvalue weighted by Crippen LogP contribution is -2.31. The van der Waals surface area contributed by atoms with Crippen molar-refractivity contribution >= 4 is 11.6 Å². The normalized spacial score (nSPS) is 28.3. The van der Waals surface area contributed by atoms with Crippen molar-refractivity contribution in [3.8, 4) is 0 Å². The first-order valence-corrected chi connectivity index (χ1v) is 7.12. The molecule has 1 aromatic rings. The molecule has 1 aromatic carbocycles. The van der Waals surface area contributed by atoms with Gasteiger partial charge >= 0.3 is 0 Å². The van der Waals surface area contributed by atoms with E-state index in [0.29, 0.717) is 23.4 Å². The van der Waals surface area contributed by atoms with Gasteiger partial charge in [0, 0.05) is 5.02 Å². The van der Waals surface area contributed by atoms with Crippen LogP contribution in [0, 0.1) is 23.6 Å². The minimum absolute atomic E-state index is 0.184. The zero-order valence-electron chi connectivity index (χ0n) is 10.8. The van der Waals surface area contributed by atoms with Crippen LogP contribution in [0.5, 0.6) is 0 Å². The molecule has 0 aliphatic heterocycles. The number of halogens is 2. The first-order chi connectivity index (χ1) is 8.60. The summed E-state index contributed by atoms with van der Waals surface area (Å²) in [5.74, 6) is 1.59. The third kappa shape index (κ3) is 3.24. The van der Waals surface area contributed by atoms with Crippen molar-refractivity contribution in [2.45, 2.75) is 32.6 Å². The number of nitrogens with two attached hydrogens (primary N) is 1. The van der Waals surface area contributed by atoms with Gasteiger partial charge in [-0.15, -0.1) is 0 Å². The molecular formula is C15H21ClFN. The second-order valence-corrected chi connectivity index (χ2v) is 6.05. The second-order valence-electron chi connectivity index (χ2n) is 5.61. The Bertz CT molecular complexity index is 407. The number of hydrogen-bond donors (Lipinski definition) is 1. The van der Waals surface area contributed by atoms with Gasteiger partial charge in [-0.05, 0) is 61.3 Å². The van der Waals surface area contributed by atoms with Gasteiger partial charge in [-0.25, -0.2) is 4.39 Å². The average molecular weight is 270 g/mol. The van der Waals surface area contributed by atoms with Crippen LogP contribution in [0.25, 0.3) is 0 Å². The van der Waals surface area contributed by atoms with Crippen LogP contribution in [0.4, 0.5) is 4.39 Å². The van der Waals surface area contributed by atoms with E-state index in [1.165, 1.54) is 18.9 Å². The molecule has 3 heteroatoms. The van der Waals surface area contributed by atoms with Crippen molar-refractivity contribution in [2.24, 2.45) is 23.5 Å². The third-order valence-corrected chi connectivity index (χ3v) is 4.44. The summed E-state index contributed by atoms with van der Waals surface area (Å²) in [5, 5.41) is 0.462. The molecule has 2 N–H and O–H groups in total. The molecule has 0 heterocycles. The Morgan fingerprint density at radius 3 is 2.78 bits per heavy atom. The van der Waals surface area contributed by atoms with E-state index in [-0.39, 0.29) is 5.82 Å². The predicted molar refractivity (Wildman–Crippen MR) is 74.2 cm³/mol. The molecule has 18 heavy (non-hydrogen) atoms. The van der Waals surface area contributed by atoms with Crippen molar-refractivity contribution in [1.29, 1.82) is 0 Å². The Kier molecular flexibility index (Phi) is 4.63. The Morgan fingerprint density at radius 2 is 2.11 bits per heavy atom. The maximum Gasteiger partial charge on any atom is 0.127 e. The molecule has 1 aliphatic rings. The van der Waals surface area contributed by atoms with Crippen LogP contribution in [0.2, 0.25) is 5.02 Å². The van der Waals surface area contributed by atoms with Crippen LogP contribution in [-0.4, -0.2) is 6.54 Å². The maximum absolute atomic E-state index is 13.8. The molecule has 1 fully saturated rings. The van der Waals surface area contributed by atoms with Gasteiger partial charge in [-0.2, -0.15) is 0 Å². The zero-order valence-corrected chi connectivity index (χ0v) is 11.6. The Morgan fingerprint density at radius 1 is 1.33 bits per heavy atom. The van der Waals surface area contributed by atoms with Gasteiger partial charge in [-0.1, -0.05) is 31.0 Å². The Hall–Kier alpha value is -0.600. The van der Waals surface area contributed by atoms with Crippen LogP contribution >= 0.6 is 11.6 Å². The third-order valence-electron chi connectivity index (χ3n) is 4.20. The minimum Gasteiger partial charge on any atom is -0.330 e. The average Bonchev–Trinajstić information content (AvgIpc) is 2.33. The number of rotatable bonds is 3. The molecule has 0 radical (unpaired) electrons. The van der Waals surface area contributed by atoms with E-state index >= 15 is 0 Å². The van der Waals surface area contributed by atoms with Crippen LogP contribution in [-0.2, 0) is 6.42 Å². The molecule has 100 valence electrons. The Balaban J connectivity index is 2.10. The fourth-order valence-electron chi connectivity index (χ4n) is 3.09. The van der Waals surface area contributed by atoms with Gasteiger partial charge in [0.15, 0.2) is 0 Å². The van der Waals surface area contributed by atoms with Gasteiger partial charge in [-0.3, -0.25) is 0 Å². The fraction of sp³-hybridized carbons (Fsp3) is 0.600. The SMILES string of the molecule is CC1CCC(CN)C(Cc2ccc(Cl)cc2F)C1. The molecule has 1 aliphatic carbocycles. The molecule has 0 saturated heterocycles. The highest BCUT2D eigenvalue weighted by molar-refractivity contribution is 6.30. The highest BCUT2D eigenvalue weighted by Gasteiger charge is 2.28. The summed E-state index contributed by atoms with van der Waals surface area (Å²) >= 11 is 5.78. The van der Waals surface area contributed by atoms with Gasteiger partial charge in [0.2, 0.25) is 0 Å². The minimum atomic E-state index is -0.184. The van der Waals surface area contributed by atoms with Crippen molar-refractivity contribution in [3.05, 3.63) is 34.6 Å². The molecule has 3 atom stereocenters. The highest BCUT2D eigenvalue weighted by atomic mass is 35.5. The van der Waals surface area contributed by atoms with E-state index in [2.05, 4.69) is 6.92 Å². The van der Waals surface area contributed by atoms with E-state index in [1.807, 2.05) is 6.07 Å². The summed E-state index contributed by atoms with van der Waals surface area (Å²) in [5.41, 5.74) is 6.62. The summed E-state index contributed by atoms with van der Waals surface area (Å²) in [6.45, 7) is 2.99. The number of hydrogen-bond acceptors (Lipinski definition) is 1. The Labute approximate surface area is 114 Å². The van der Waals surface area contributed by atoms with Gasteiger partial charge in [0.05, 0.1) is 0 Å². The first kappa shape index (κ1) is 13.8. The van der Waals surface area contributed by atoms with Crippen molar-refractivity contribution in [1.82, 2.24) is 0 Å². The van der Waals surface area contributed by atoms with E-state index in [4.69, 9.17) is 17.3 Å². The highest BCUT2D eigenvalue weighted by Crippen LogP contribution is 2.35. The van der Waals surface area contributed by atoms with Crippen molar-refractivity contribution < 1.29 is 4.39 Å². The fourth-order valence-corrected chi connectivity index (χ4v) is 3.25. The lowest BCUT2D eigenvalue weighted by atomic mass is 9.72. The molecule has 0 spiro atoms. The second kappa shape index (κ2) is 6.03. The van der Waals surface area contributed by atoms with E-state index in [1.54, 1.807) is 6.07 Å². The lowest BCUT2D eigenvalue weighted by Gasteiger charge is -2.34. The molecule has 0 aromatic heterocycles. The van der Waals surface area contributed by atoms with Crippen LogP contribution in [0.3, 0.4) is 0 Å². The standard InChI is InChI=1S/C15H21ClFN/c1-10-2-3-12(9-18)13(6-10)7-11-4-5-14(16)8-15(11)17/h4-5,8,10,12-13H,2-3,6-7,9,18H2,1H3. The zero-order chi connectivity index (χ0) is 13.1. The largest absolute Gasteiger partial charge is 0.330 e. The summed E-state index contributed by atoms with van der Waals surface area (Å²) < 4.78 is 13.8. The van der Waals surface area contributed by atoms with Crippen molar-refractivity contribution in [3.63, 3.8) is 0 Å². The van der Waals surface area contributed by atoms with Crippen LogP contribution < -0.4 is 5.73 Å². The molecule has 1 saturated carbocycles. The lowest BCUT2D eigenvalue weighted by molar-refractivity contribution is 0.192. The molecule has 0 bridgehead atoms. The van der Waals surface area contributed by atoms with Crippen LogP contribution in [0.15, 0.2) is 18.2 Å². The van der Waals surface area contributed by atoms with Crippen LogP contribution in [0.1, 0.15) is 31.7 Å². The van der Waals surface area contributed by atoms with E-state index < -0.39 is 0 Å². The summed E-state index contributed by atoms with van der Waals surface area (Å²) in [6.07, 6.45) is 4.37. The summed E-state index contributed by atoms with van der Waals surface area (Å²) in [7, 11) is 0. The summed E-state index contributed by atoms with van der Waals surface area (Å²) in [6, 6.07) is 4.98. The first-order valence-electron chi connectivity index (χ1n) is 6.74. The molecule has 2 rings (SSSR count). The molecule has 0 amide bonds. The van der Waals surface area contributed by atoms with Gasteiger partial charge < -0.3 is 5.73 Å². The van der Waals surface area contributed by atoms with E-state index in [9.17, 15) is 4.39 Å².